The minimum atomic E-state index is -4.55. The first-order chi connectivity index (χ1) is 9.55. The van der Waals surface area contributed by atoms with Crippen molar-refractivity contribution in [1.82, 2.24) is 10.6 Å². The Morgan fingerprint density at radius 2 is 1.81 bits per heavy atom. The number of hydrogen-bond donors (Lipinski definition) is 2. The molecule has 0 aliphatic heterocycles. The van der Waals surface area contributed by atoms with Crippen molar-refractivity contribution >= 4 is 29.7 Å². The monoisotopic (exact) mass is 330 g/mol. The molecule has 122 valence electrons. The maximum Gasteiger partial charge on any atom is 0.405 e. The van der Waals surface area contributed by atoms with E-state index in [9.17, 15) is 27.6 Å². The van der Waals surface area contributed by atoms with Crippen molar-refractivity contribution < 1.29 is 32.3 Å². The zero-order valence-corrected chi connectivity index (χ0v) is 12.6. The first-order valence-electron chi connectivity index (χ1n) is 5.93. The predicted molar refractivity (Wildman–Crippen MR) is 70.7 cm³/mol. The fourth-order valence-corrected chi connectivity index (χ4v) is 2.33. The standard InChI is InChI=1S/C11H17F3N2O4S/c1-6(4-8(17)20-3)21-7(2)9(18)16-10(19)15-5-11(12,13)14/h6-7H,4-5H2,1-3H3,(H2,15,16,18,19)/t6-,7+/m1/s1. The van der Waals surface area contributed by atoms with E-state index < -0.39 is 35.9 Å². The number of ether oxygens (including phenoxy) is 1. The van der Waals surface area contributed by atoms with Crippen molar-refractivity contribution in [3.05, 3.63) is 0 Å². The van der Waals surface area contributed by atoms with Crippen LogP contribution in [0, 0.1) is 0 Å². The molecular weight excluding hydrogens is 313 g/mol. The Bertz CT molecular complexity index is 390. The number of esters is 1. The molecule has 0 saturated heterocycles. The summed E-state index contributed by atoms with van der Waals surface area (Å²) in [6.07, 6.45) is -4.46. The van der Waals surface area contributed by atoms with E-state index in [0.29, 0.717) is 0 Å². The van der Waals surface area contributed by atoms with E-state index in [0.717, 1.165) is 11.8 Å². The summed E-state index contributed by atoms with van der Waals surface area (Å²) in [6.45, 7) is 1.65. The first-order valence-corrected chi connectivity index (χ1v) is 6.87. The van der Waals surface area contributed by atoms with Gasteiger partial charge in [-0.25, -0.2) is 4.79 Å². The molecule has 0 unspecified atom stereocenters. The average molecular weight is 330 g/mol. The van der Waals surface area contributed by atoms with Gasteiger partial charge in [0.15, 0.2) is 0 Å². The van der Waals surface area contributed by atoms with Crippen molar-refractivity contribution in [2.75, 3.05) is 13.7 Å². The summed E-state index contributed by atoms with van der Waals surface area (Å²) in [5, 5.41) is 2.38. The molecule has 0 aromatic heterocycles. The maximum atomic E-state index is 11.9. The fraction of sp³-hybridized carbons (Fsp3) is 0.727. The molecule has 0 aromatic rings. The summed E-state index contributed by atoms with van der Waals surface area (Å²) in [5.74, 6) is -1.18. The van der Waals surface area contributed by atoms with Gasteiger partial charge in [-0.05, 0) is 6.92 Å². The second-order valence-electron chi connectivity index (χ2n) is 4.16. The summed E-state index contributed by atoms with van der Waals surface area (Å²) in [5.41, 5.74) is 0. The van der Waals surface area contributed by atoms with Gasteiger partial charge >= 0.3 is 18.2 Å². The highest BCUT2D eigenvalue weighted by Gasteiger charge is 2.28. The van der Waals surface area contributed by atoms with Crippen LogP contribution in [-0.2, 0) is 14.3 Å². The highest BCUT2D eigenvalue weighted by molar-refractivity contribution is 8.01. The number of rotatable bonds is 6. The Morgan fingerprint density at radius 3 is 2.29 bits per heavy atom. The van der Waals surface area contributed by atoms with E-state index in [1.165, 1.54) is 19.4 Å². The number of imide groups is 1. The molecular formula is C11H17F3N2O4S. The highest BCUT2D eigenvalue weighted by Crippen LogP contribution is 2.20. The molecule has 2 N–H and O–H groups in total. The van der Waals surface area contributed by atoms with Gasteiger partial charge in [0.1, 0.15) is 6.54 Å². The second kappa shape index (κ2) is 8.75. The van der Waals surface area contributed by atoms with Crippen molar-refractivity contribution in [3.63, 3.8) is 0 Å². The molecule has 0 rings (SSSR count). The van der Waals surface area contributed by atoms with Crippen LogP contribution in [0.5, 0.6) is 0 Å². The lowest BCUT2D eigenvalue weighted by atomic mass is 10.3. The second-order valence-corrected chi connectivity index (χ2v) is 5.94. The Labute approximate surface area is 124 Å². The normalized spacial score (nSPS) is 14.0. The molecule has 0 spiro atoms. The summed E-state index contributed by atoms with van der Waals surface area (Å²) < 4.78 is 40.1. The zero-order valence-electron chi connectivity index (χ0n) is 11.7. The van der Waals surface area contributed by atoms with E-state index in [1.807, 2.05) is 0 Å². The number of thioether (sulfide) groups is 1. The molecule has 0 heterocycles. The molecule has 0 aromatic carbocycles. The number of urea groups is 1. The van der Waals surface area contributed by atoms with Crippen LogP contribution in [0.4, 0.5) is 18.0 Å². The third-order valence-electron chi connectivity index (χ3n) is 2.17. The summed E-state index contributed by atoms with van der Waals surface area (Å²) in [6, 6.07) is -1.22. The molecule has 0 bridgehead atoms. The molecule has 21 heavy (non-hydrogen) atoms. The van der Waals surface area contributed by atoms with Gasteiger partial charge in [-0.3, -0.25) is 14.9 Å². The number of methoxy groups -OCH3 is 1. The Morgan fingerprint density at radius 1 is 1.24 bits per heavy atom. The lowest BCUT2D eigenvalue weighted by Crippen LogP contribution is -2.45. The molecule has 0 aliphatic carbocycles. The molecule has 0 aliphatic rings. The van der Waals surface area contributed by atoms with E-state index in [4.69, 9.17) is 0 Å². The maximum absolute atomic E-state index is 11.9. The number of amides is 3. The van der Waals surface area contributed by atoms with Crippen molar-refractivity contribution in [2.45, 2.75) is 36.9 Å². The molecule has 6 nitrogen and oxygen atoms in total. The van der Waals surface area contributed by atoms with Crippen LogP contribution in [0.3, 0.4) is 0 Å². The molecule has 0 fully saturated rings. The summed E-state index contributed by atoms with van der Waals surface area (Å²) in [4.78, 5) is 33.7. The van der Waals surface area contributed by atoms with Gasteiger partial charge in [-0.15, -0.1) is 11.8 Å². The number of nitrogens with one attached hydrogen (secondary N) is 2. The summed E-state index contributed by atoms with van der Waals surface area (Å²) >= 11 is 1.10. The lowest BCUT2D eigenvalue weighted by Gasteiger charge is -2.16. The van der Waals surface area contributed by atoms with Crippen LogP contribution in [0.1, 0.15) is 20.3 Å². The van der Waals surface area contributed by atoms with Crippen LogP contribution in [0.25, 0.3) is 0 Å². The third kappa shape index (κ3) is 9.99. The number of carbonyl (C=O) groups excluding carboxylic acids is 3. The van der Waals surface area contributed by atoms with Gasteiger partial charge in [-0.2, -0.15) is 13.2 Å². The summed E-state index contributed by atoms with van der Waals surface area (Å²) in [7, 11) is 1.24. The molecule has 0 radical (unpaired) electrons. The highest BCUT2D eigenvalue weighted by atomic mass is 32.2. The largest absolute Gasteiger partial charge is 0.469 e. The van der Waals surface area contributed by atoms with E-state index in [1.54, 1.807) is 12.2 Å². The Hall–Kier alpha value is -1.45. The van der Waals surface area contributed by atoms with Crippen LogP contribution < -0.4 is 10.6 Å². The average Bonchev–Trinajstić information content (AvgIpc) is 2.34. The SMILES string of the molecule is COC(=O)C[C@@H](C)S[C@@H](C)C(=O)NC(=O)NCC(F)(F)F. The van der Waals surface area contributed by atoms with Gasteiger partial charge in [0.05, 0.1) is 18.8 Å². The van der Waals surface area contributed by atoms with Crippen LogP contribution in [-0.4, -0.2) is 48.2 Å². The Kier molecular flexibility index (Phi) is 8.15. The van der Waals surface area contributed by atoms with E-state index in [2.05, 4.69) is 4.74 Å². The van der Waals surface area contributed by atoms with Gasteiger partial charge < -0.3 is 10.1 Å². The van der Waals surface area contributed by atoms with Crippen molar-refractivity contribution in [1.29, 1.82) is 0 Å². The van der Waals surface area contributed by atoms with E-state index in [-0.39, 0.29) is 11.7 Å². The predicted octanol–water partition coefficient (Wildman–Crippen LogP) is 1.45. The van der Waals surface area contributed by atoms with Gasteiger partial charge in [-0.1, -0.05) is 6.92 Å². The first kappa shape index (κ1) is 19.6. The number of hydrogen-bond acceptors (Lipinski definition) is 5. The van der Waals surface area contributed by atoms with Crippen molar-refractivity contribution in [3.8, 4) is 0 Å². The van der Waals surface area contributed by atoms with Crippen molar-refractivity contribution in [2.24, 2.45) is 0 Å². The molecule has 2 atom stereocenters. The smallest absolute Gasteiger partial charge is 0.405 e. The topological polar surface area (TPSA) is 84.5 Å². The van der Waals surface area contributed by atoms with Gasteiger partial charge in [0, 0.05) is 5.25 Å². The molecule has 10 heteroatoms. The quantitative estimate of drug-likeness (QED) is 0.720. The molecule has 3 amide bonds. The van der Waals surface area contributed by atoms with Crippen LogP contribution >= 0.6 is 11.8 Å². The third-order valence-corrected chi connectivity index (χ3v) is 3.43. The Balaban J connectivity index is 4.15. The number of alkyl halides is 3. The fourth-order valence-electron chi connectivity index (χ4n) is 1.21. The number of carbonyl (C=O) groups is 3. The van der Waals surface area contributed by atoms with Gasteiger partial charge in [0.25, 0.3) is 0 Å². The minimum Gasteiger partial charge on any atom is -0.469 e. The van der Waals surface area contributed by atoms with Crippen LogP contribution in [0.15, 0.2) is 0 Å². The number of halogens is 3. The zero-order chi connectivity index (χ0) is 16.6. The minimum absolute atomic E-state index is 0.0824. The van der Waals surface area contributed by atoms with E-state index >= 15 is 0 Å². The lowest BCUT2D eigenvalue weighted by molar-refractivity contribution is -0.140. The van der Waals surface area contributed by atoms with Gasteiger partial charge in [0.2, 0.25) is 5.91 Å². The molecule has 0 saturated carbocycles. The van der Waals surface area contributed by atoms with Crippen LogP contribution in [0.2, 0.25) is 0 Å².